The van der Waals surface area contributed by atoms with E-state index in [-0.39, 0.29) is 10.8 Å². The van der Waals surface area contributed by atoms with Crippen LogP contribution in [0.3, 0.4) is 0 Å². The smallest absolute Gasteiger partial charge is 0.144 e. The van der Waals surface area contributed by atoms with Gasteiger partial charge >= 0.3 is 0 Å². The lowest BCUT2D eigenvalue weighted by Crippen LogP contribution is -2.14. The van der Waals surface area contributed by atoms with Crippen molar-refractivity contribution >= 4 is 0 Å². The summed E-state index contributed by atoms with van der Waals surface area (Å²) in [7, 11) is 0. The van der Waals surface area contributed by atoms with Gasteiger partial charge in [0.1, 0.15) is 5.82 Å². The average Bonchev–Trinajstić information content (AvgIpc) is 3.91. The van der Waals surface area contributed by atoms with E-state index in [4.69, 9.17) is 4.98 Å². The largest absolute Gasteiger partial charge is 0.299 e. The average molecular weight is 751 g/mol. The Morgan fingerprint density at radius 2 is 1.07 bits per heavy atom. The van der Waals surface area contributed by atoms with Crippen molar-refractivity contribution in [1.29, 1.82) is 0 Å². The maximum atomic E-state index is 5.35. The molecule has 3 fully saturated rings. The molecule has 57 heavy (non-hydrogen) atoms. The van der Waals surface area contributed by atoms with Gasteiger partial charge in [0.25, 0.3) is 0 Å². The Morgan fingerprint density at radius 3 is 1.54 bits per heavy atom. The van der Waals surface area contributed by atoms with Gasteiger partial charge in [0, 0.05) is 18.0 Å². The molecule has 0 aliphatic heterocycles. The van der Waals surface area contributed by atoms with Gasteiger partial charge in [-0.05, 0) is 146 Å². The first-order chi connectivity index (χ1) is 27.5. The summed E-state index contributed by atoms with van der Waals surface area (Å²) in [6.45, 7) is 16.8. The summed E-state index contributed by atoms with van der Waals surface area (Å²) in [5.41, 5.74) is 18.4. The van der Waals surface area contributed by atoms with Crippen LogP contribution in [0.2, 0.25) is 0 Å². The van der Waals surface area contributed by atoms with E-state index in [1.165, 1.54) is 119 Å². The minimum atomic E-state index is 0.0797. The molecule has 3 aliphatic rings. The van der Waals surface area contributed by atoms with Crippen LogP contribution in [0, 0.1) is 5.41 Å². The van der Waals surface area contributed by atoms with Gasteiger partial charge in [-0.3, -0.25) is 4.57 Å². The van der Waals surface area contributed by atoms with Gasteiger partial charge in [-0.15, -0.1) is 0 Å². The van der Waals surface area contributed by atoms with Gasteiger partial charge in [0.05, 0.1) is 5.69 Å². The van der Waals surface area contributed by atoms with Crippen LogP contribution in [-0.4, -0.2) is 9.55 Å². The Kier molecular flexibility index (Phi) is 9.91. The van der Waals surface area contributed by atoms with Crippen LogP contribution in [0.5, 0.6) is 0 Å². The molecule has 0 N–H and O–H groups in total. The first kappa shape index (κ1) is 37.9. The minimum Gasteiger partial charge on any atom is -0.299 e. The number of benzene rings is 5. The van der Waals surface area contributed by atoms with Crippen LogP contribution >= 0.6 is 0 Å². The number of aromatic nitrogens is 2. The van der Waals surface area contributed by atoms with Gasteiger partial charge in [-0.25, -0.2) is 4.98 Å². The lowest BCUT2D eigenvalue weighted by atomic mass is 9.78. The molecule has 0 radical (unpaired) electrons. The maximum absolute atomic E-state index is 5.35. The molecule has 0 spiro atoms. The lowest BCUT2D eigenvalue weighted by Gasteiger charge is -2.27. The molecule has 2 heteroatoms. The highest BCUT2D eigenvalue weighted by Gasteiger charge is 2.59. The quantitative estimate of drug-likeness (QED) is 0.136. The highest BCUT2D eigenvalue weighted by molar-refractivity contribution is 5.83. The van der Waals surface area contributed by atoms with Gasteiger partial charge < -0.3 is 0 Å². The summed E-state index contributed by atoms with van der Waals surface area (Å²) >= 11 is 0. The Labute approximate surface area is 342 Å². The van der Waals surface area contributed by atoms with Crippen LogP contribution in [0.25, 0.3) is 50.5 Å². The summed E-state index contributed by atoms with van der Waals surface area (Å²) in [5.74, 6) is 2.94. The lowest BCUT2D eigenvalue weighted by molar-refractivity contribution is 0.529. The van der Waals surface area contributed by atoms with Crippen LogP contribution in [-0.2, 0) is 5.41 Å². The molecule has 9 rings (SSSR count). The normalized spacial score (nSPS) is 19.6. The summed E-state index contributed by atoms with van der Waals surface area (Å²) in [4.78, 5) is 5.35. The van der Waals surface area contributed by atoms with E-state index in [0.29, 0.717) is 23.7 Å². The molecule has 3 saturated carbocycles. The molecule has 0 bridgehead atoms. The number of rotatable bonds is 10. The van der Waals surface area contributed by atoms with Gasteiger partial charge in [-0.1, -0.05) is 159 Å². The van der Waals surface area contributed by atoms with Crippen molar-refractivity contribution in [2.45, 2.75) is 135 Å². The maximum Gasteiger partial charge on any atom is 0.144 e. The molecule has 5 aromatic carbocycles. The molecule has 292 valence electrons. The molecule has 6 aromatic rings. The zero-order valence-corrected chi connectivity index (χ0v) is 35.5. The van der Waals surface area contributed by atoms with Crippen LogP contribution in [0.15, 0.2) is 116 Å². The zero-order chi connectivity index (χ0) is 39.5. The van der Waals surface area contributed by atoms with Crippen molar-refractivity contribution in [1.82, 2.24) is 9.55 Å². The SMILES string of the molecule is CC(C)c1cc(-c2ccccc2)cc(C(C)C)c1-n1ccnc1-c1cc(-c2c(C3CCCC3)cc(-c3ccccc3)cc2C2CCCC2)ccc1C1(C)CC1(C)C. The van der Waals surface area contributed by atoms with Crippen LogP contribution < -0.4 is 0 Å². The molecule has 2 nitrogen and oxygen atoms in total. The molecule has 0 amide bonds. The van der Waals surface area contributed by atoms with E-state index >= 15 is 0 Å². The number of imidazole rings is 1. The summed E-state index contributed by atoms with van der Waals surface area (Å²) in [6, 6.07) is 39.8. The molecular formula is C55H62N2. The molecule has 1 atom stereocenters. The van der Waals surface area contributed by atoms with E-state index in [2.05, 4.69) is 162 Å². The van der Waals surface area contributed by atoms with Crippen molar-refractivity contribution < 1.29 is 0 Å². The summed E-state index contributed by atoms with van der Waals surface area (Å²) in [6.07, 6.45) is 15.9. The fourth-order valence-corrected chi connectivity index (χ4v) is 10.9. The second kappa shape index (κ2) is 14.9. The molecule has 1 heterocycles. The van der Waals surface area contributed by atoms with Gasteiger partial charge in [0.15, 0.2) is 0 Å². The summed E-state index contributed by atoms with van der Waals surface area (Å²) < 4.78 is 2.47. The Hall–Kier alpha value is -4.69. The third-order valence-corrected chi connectivity index (χ3v) is 14.6. The molecule has 1 aromatic heterocycles. The monoisotopic (exact) mass is 750 g/mol. The molecule has 0 saturated heterocycles. The topological polar surface area (TPSA) is 17.8 Å². The zero-order valence-electron chi connectivity index (χ0n) is 35.5. The summed E-state index contributed by atoms with van der Waals surface area (Å²) in [5, 5.41) is 0. The predicted molar refractivity (Wildman–Crippen MR) is 242 cm³/mol. The Morgan fingerprint density at radius 1 is 0.579 bits per heavy atom. The standard InChI is InChI=1S/C55H62N2/c1-36(2)45-31-43(38-18-10-8-11-19-38)32-46(37(3)4)52(45)57-29-28-56-53(57)49-30-42(26-27-50(49)55(7)35-54(55,5)6)51-47(40-22-14-15-23-40)33-44(39-20-12-9-13-21-39)34-48(51)41-24-16-17-25-41/h8-13,18-21,26-34,36-37,40-41H,14-17,22-25,35H2,1-7H3. The number of hydrogen-bond donors (Lipinski definition) is 0. The first-order valence-electron chi connectivity index (χ1n) is 22.2. The highest BCUT2D eigenvalue weighted by atomic mass is 15.1. The fraction of sp³-hybridized carbons (Fsp3) is 0.400. The predicted octanol–water partition coefficient (Wildman–Crippen LogP) is 15.8. The van der Waals surface area contributed by atoms with Crippen molar-refractivity contribution in [2.75, 3.05) is 0 Å². The Balaban J connectivity index is 1.29. The number of nitrogens with zero attached hydrogens (tertiary/aromatic N) is 2. The second-order valence-electron chi connectivity index (χ2n) is 19.3. The van der Waals surface area contributed by atoms with Gasteiger partial charge in [-0.2, -0.15) is 0 Å². The fourth-order valence-electron chi connectivity index (χ4n) is 10.9. The van der Waals surface area contributed by atoms with E-state index in [0.717, 1.165) is 5.82 Å². The van der Waals surface area contributed by atoms with E-state index in [9.17, 15) is 0 Å². The van der Waals surface area contributed by atoms with Crippen molar-refractivity contribution in [3.63, 3.8) is 0 Å². The first-order valence-corrected chi connectivity index (χ1v) is 22.2. The number of hydrogen-bond acceptors (Lipinski definition) is 1. The molecule has 1 unspecified atom stereocenters. The van der Waals surface area contributed by atoms with Crippen molar-refractivity contribution in [3.8, 4) is 50.5 Å². The van der Waals surface area contributed by atoms with E-state index in [1.54, 1.807) is 11.1 Å². The Bertz CT molecular complexity index is 2310. The molecule has 3 aliphatic carbocycles. The van der Waals surface area contributed by atoms with E-state index < -0.39 is 0 Å². The third kappa shape index (κ3) is 6.81. The van der Waals surface area contributed by atoms with Crippen LogP contribution in [0.1, 0.15) is 158 Å². The minimum absolute atomic E-state index is 0.0797. The third-order valence-electron chi connectivity index (χ3n) is 14.6. The van der Waals surface area contributed by atoms with Crippen LogP contribution in [0.4, 0.5) is 0 Å². The highest BCUT2D eigenvalue weighted by Crippen LogP contribution is 2.65. The second-order valence-corrected chi connectivity index (χ2v) is 19.3. The van der Waals surface area contributed by atoms with E-state index in [1.807, 2.05) is 6.20 Å². The van der Waals surface area contributed by atoms with Gasteiger partial charge in [0.2, 0.25) is 0 Å². The van der Waals surface area contributed by atoms with Crippen molar-refractivity contribution in [2.24, 2.45) is 5.41 Å². The molecular weight excluding hydrogens is 689 g/mol. The van der Waals surface area contributed by atoms with Crippen molar-refractivity contribution in [3.05, 3.63) is 143 Å².